The summed E-state index contributed by atoms with van der Waals surface area (Å²) in [6.07, 6.45) is 5.04. The van der Waals surface area contributed by atoms with Crippen LogP contribution in [0, 0.1) is 0 Å². The monoisotopic (exact) mass is 337 g/mol. The Balaban J connectivity index is 1.97. The molecule has 124 valence electrons. The second-order valence-corrected chi connectivity index (χ2v) is 7.73. The third-order valence-corrected chi connectivity index (χ3v) is 6.04. The van der Waals surface area contributed by atoms with Gasteiger partial charge in [-0.25, -0.2) is 17.8 Å². The van der Waals surface area contributed by atoms with Gasteiger partial charge in [0, 0.05) is 38.9 Å². The highest BCUT2D eigenvalue weighted by molar-refractivity contribution is 7.89. The highest BCUT2D eigenvalue weighted by Crippen LogP contribution is 2.15. The molecule has 23 heavy (non-hydrogen) atoms. The Morgan fingerprint density at radius 2 is 2.13 bits per heavy atom. The Labute approximate surface area is 135 Å². The molecule has 8 nitrogen and oxygen atoms in total. The van der Waals surface area contributed by atoms with E-state index in [9.17, 15) is 9.00 Å². The summed E-state index contributed by atoms with van der Waals surface area (Å²) in [4.78, 5) is 16.5. The van der Waals surface area contributed by atoms with Crippen molar-refractivity contribution in [3.05, 3.63) is 36.4 Å². The molecule has 2 aromatic heterocycles. The maximum Gasteiger partial charge on any atom is 0.287 e. The lowest BCUT2D eigenvalue weighted by Crippen LogP contribution is -2.46. The van der Waals surface area contributed by atoms with Crippen LogP contribution in [0.4, 0.5) is 0 Å². The molecule has 0 spiro atoms. The summed E-state index contributed by atoms with van der Waals surface area (Å²) in [5, 5.41) is 0. The second kappa shape index (κ2) is 6.36. The first kappa shape index (κ1) is 16.1. The maximum atomic E-state index is 13.2. The summed E-state index contributed by atoms with van der Waals surface area (Å²) >= 11 is 0. The zero-order chi connectivity index (χ0) is 16.4. The van der Waals surface area contributed by atoms with Crippen LogP contribution < -0.4 is 0 Å². The van der Waals surface area contributed by atoms with Gasteiger partial charge in [-0.05, 0) is 12.1 Å². The molecule has 0 saturated carbocycles. The van der Waals surface area contributed by atoms with Gasteiger partial charge in [-0.15, -0.1) is 4.36 Å². The number of aromatic nitrogens is 2. The molecule has 1 atom stereocenters. The summed E-state index contributed by atoms with van der Waals surface area (Å²) < 4.78 is 27.5. The van der Waals surface area contributed by atoms with Gasteiger partial charge in [0.2, 0.25) is 0 Å². The fourth-order valence-corrected chi connectivity index (χ4v) is 4.05. The molecule has 0 radical (unpaired) electrons. The molecule has 1 fully saturated rings. The van der Waals surface area contributed by atoms with E-state index in [0.29, 0.717) is 31.9 Å². The number of rotatable bonds is 3. The van der Waals surface area contributed by atoms with E-state index in [0.717, 1.165) is 5.52 Å². The molecule has 3 heterocycles. The van der Waals surface area contributed by atoms with E-state index in [4.69, 9.17) is 4.74 Å². The number of imidazole rings is 1. The Bertz CT molecular complexity index is 832. The number of pyridine rings is 1. The molecule has 9 heteroatoms. The van der Waals surface area contributed by atoms with Crippen molar-refractivity contribution in [1.82, 2.24) is 18.0 Å². The Kier molecular flexibility index (Phi) is 4.44. The van der Waals surface area contributed by atoms with Gasteiger partial charge in [0.15, 0.2) is 10.1 Å². The normalized spacial score (nSPS) is 18.9. The number of amides is 1. The van der Waals surface area contributed by atoms with Gasteiger partial charge in [-0.1, -0.05) is 0 Å². The first-order valence-corrected chi connectivity index (χ1v) is 8.67. The van der Waals surface area contributed by atoms with Crippen molar-refractivity contribution in [1.29, 1.82) is 0 Å². The highest BCUT2D eigenvalue weighted by atomic mass is 32.2. The van der Waals surface area contributed by atoms with E-state index >= 15 is 0 Å². The Hall–Kier alpha value is -1.81. The summed E-state index contributed by atoms with van der Waals surface area (Å²) in [6, 6.07) is 3.34. The smallest absolute Gasteiger partial charge is 0.287 e. The van der Waals surface area contributed by atoms with Crippen LogP contribution in [0.2, 0.25) is 0 Å². The van der Waals surface area contributed by atoms with Gasteiger partial charge in [-0.2, -0.15) is 0 Å². The molecule has 1 amide bonds. The Morgan fingerprint density at radius 3 is 2.83 bits per heavy atom. The Morgan fingerprint density at radius 1 is 1.39 bits per heavy atom. The number of morpholine rings is 1. The number of nitrogens with zero attached hydrogens (tertiary/aromatic N) is 5. The van der Waals surface area contributed by atoms with Crippen LogP contribution in [-0.2, 0) is 14.8 Å². The molecule has 0 aliphatic carbocycles. The largest absolute Gasteiger partial charge is 0.379 e. The third kappa shape index (κ3) is 3.13. The van der Waals surface area contributed by atoms with E-state index in [1.165, 1.54) is 4.31 Å². The lowest BCUT2D eigenvalue weighted by molar-refractivity contribution is 0.0725. The number of hydrogen-bond donors (Lipinski definition) is 0. The van der Waals surface area contributed by atoms with Gasteiger partial charge in [0.25, 0.3) is 5.91 Å². The van der Waals surface area contributed by atoms with Crippen molar-refractivity contribution in [2.75, 3.05) is 40.4 Å². The van der Waals surface area contributed by atoms with Crippen molar-refractivity contribution < 1.29 is 13.7 Å². The van der Waals surface area contributed by atoms with Crippen LogP contribution in [0.1, 0.15) is 10.4 Å². The molecule has 0 N–H and O–H groups in total. The molecule has 1 aliphatic rings. The predicted octanol–water partition coefficient (Wildman–Crippen LogP) is 0.666. The molecular formula is C14H19N5O3S. The summed E-state index contributed by atoms with van der Waals surface area (Å²) in [5.41, 5.74) is 1.18. The van der Waals surface area contributed by atoms with E-state index in [1.807, 2.05) is 0 Å². The van der Waals surface area contributed by atoms with Crippen molar-refractivity contribution in [2.24, 2.45) is 4.36 Å². The van der Waals surface area contributed by atoms with E-state index in [2.05, 4.69) is 9.35 Å². The maximum absolute atomic E-state index is 13.2. The number of fused-ring (bicyclic) bond motifs is 1. The van der Waals surface area contributed by atoms with E-state index < -0.39 is 16.0 Å². The zero-order valence-electron chi connectivity index (χ0n) is 13.1. The standard InChI is InChI=1S/C14H19N5O3S/c1-17(2)23(21,19-5-7-22-8-6-19)16-14(20)12-3-4-18-11-15-10-13(18)9-12/h3-4,9-11H,5-8H2,1-2H3. The fraction of sp³-hybridized carbons (Fsp3) is 0.429. The molecule has 0 bridgehead atoms. The predicted molar refractivity (Wildman–Crippen MR) is 86.2 cm³/mol. The summed E-state index contributed by atoms with van der Waals surface area (Å²) in [7, 11) is 0.368. The molecule has 1 aliphatic heterocycles. The lowest BCUT2D eigenvalue weighted by Gasteiger charge is -2.31. The van der Waals surface area contributed by atoms with Crippen LogP contribution >= 0.6 is 0 Å². The second-order valence-electron chi connectivity index (χ2n) is 5.36. The van der Waals surface area contributed by atoms with Crippen LogP contribution in [0.3, 0.4) is 0 Å². The van der Waals surface area contributed by atoms with Crippen LogP contribution in [0.15, 0.2) is 35.2 Å². The van der Waals surface area contributed by atoms with Crippen LogP contribution in [-0.4, -0.2) is 68.5 Å². The molecule has 1 saturated heterocycles. The number of carbonyl (C=O) groups is 1. The quantitative estimate of drug-likeness (QED) is 0.824. The number of carbonyl (C=O) groups excluding carboxylic acids is 1. The number of hydrogen-bond acceptors (Lipinski definition) is 4. The van der Waals surface area contributed by atoms with Gasteiger partial charge >= 0.3 is 0 Å². The van der Waals surface area contributed by atoms with E-state index in [1.54, 1.807) is 53.7 Å². The first-order valence-electron chi connectivity index (χ1n) is 7.24. The van der Waals surface area contributed by atoms with Gasteiger partial charge in [0.1, 0.15) is 0 Å². The average molecular weight is 337 g/mol. The summed E-state index contributed by atoms with van der Waals surface area (Å²) in [5.74, 6) is -0.501. The average Bonchev–Trinajstić information content (AvgIpc) is 3.02. The van der Waals surface area contributed by atoms with Gasteiger partial charge < -0.3 is 9.14 Å². The van der Waals surface area contributed by atoms with Gasteiger partial charge in [-0.3, -0.25) is 4.79 Å². The molecule has 1 unspecified atom stereocenters. The molecule has 3 rings (SSSR count). The molecule has 0 aromatic carbocycles. The summed E-state index contributed by atoms with van der Waals surface area (Å²) in [6.45, 7) is 1.93. The van der Waals surface area contributed by atoms with Crippen molar-refractivity contribution >= 4 is 21.5 Å². The topological polar surface area (TPSA) is 79.5 Å². The fourth-order valence-electron chi connectivity index (χ4n) is 2.37. The van der Waals surface area contributed by atoms with Crippen molar-refractivity contribution in [3.63, 3.8) is 0 Å². The zero-order valence-corrected chi connectivity index (χ0v) is 13.9. The minimum Gasteiger partial charge on any atom is -0.379 e. The first-order chi connectivity index (χ1) is 11.0. The van der Waals surface area contributed by atoms with Crippen molar-refractivity contribution in [3.8, 4) is 0 Å². The van der Waals surface area contributed by atoms with Crippen molar-refractivity contribution in [2.45, 2.75) is 0 Å². The number of ether oxygens (including phenoxy) is 1. The van der Waals surface area contributed by atoms with E-state index in [-0.39, 0.29) is 0 Å². The third-order valence-electron chi connectivity index (χ3n) is 3.64. The lowest BCUT2D eigenvalue weighted by atomic mass is 10.2. The SMILES string of the molecule is CN(C)S(=O)(=NC(=O)c1ccn2cncc2c1)N1CCOCC1. The van der Waals surface area contributed by atoms with Crippen LogP contribution in [0.5, 0.6) is 0 Å². The van der Waals surface area contributed by atoms with Crippen LogP contribution in [0.25, 0.3) is 5.52 Å². The highest BCUT2D eigenvalue weighted by Gasteiger charge is 2.26. The minimum atomic E-state index is -2.95. The minimum absolute atomic E-state index is 0.390. The van der Waals surface area contributed by atoms with Gasteiger partial charge in [0.05, 0.1) is 31.3 Å². The molecular weight excluding hydrogens is 318 g/mol. The molecule has 2 aromatic rings.